The average Bonchev–Trinajstić information content (AvgIpc) is 2.73. The van der Waals surface area contributed by atoms with E-state index in [0.29, 0.717) is 6.61 Å². The maximum Gasteiger partial charge on any atom is 0.221 e. The van der Waals surface area contributed by atoms with E-state index in [0.717, 1.165) is 56.6 Å². The molecule has 3 rings (SSSR count). The molecule has 0 bridgehead atoms. The molecule has 1 fully saturated rings. The van der Waals surface area contributed by atoms with Crippen molar-refractivity contribution >= 4 is 18.1 Å². The molecule has 0 aliphatic carbocycles. The fourth-order valence-electron chi connectivity index (χ4n) is 3.61. The summed E-state index contributed by atoms with van der Waals surface area (Å²) >= 11 is 0. The molecule has 2 aromatic rings. The number of ether oxygens (including phenoxy) is 1. The van der Waals surface area contributed by atoms with E-state index in [4.69, 9.17) is 10.5 Å². The molecule has 1 atom stereocenters. The quantitative estimate of drug-likeness (QED) is 0.525. The molecular formula is C24H30N2O2. The smallest absolute Gasteiger partial charge is 0.221 e. The van der Waals surface area contributed by atoms with Gasteiger partial charge in [0.25, 0.3) is 0 Å². The summed E-state index contributed by atoms with van der Waals surface area (Å²) in [5.41, 5.74) is 7.72. The molecule has 1 amide bonds. The first-order valence-corrected chi connectivity index (χ1v) is 10.2. The number of carbonyl (C=O) groups excluding carboxylic acids is 1. The van der Waals surface area contributed by atoms with Gasteiger partial charge in [0.15, 0.2) is 0 Å². The monoisotopic (exact) mass is 378 g/mol. The number of nitrogens with zero attached hydrogens (tertiary/aromatic N) is 1. The lowest BCUT2D eigenvalue weighted by Crippen LogP contribution is -2.41. The van der Waals surface area contributed by atoms with Gasteiger partial charge in [0.05, 0.1) is 12.5 Å². The minimum atomic E-state index is -0.159. The Balaban J connectivity index is 1.43. The third kappa shape index (κ3) is 6.24. The number of hydrogen-bond donors (Lipinski definition) is 1. The maximum atomic E-state index is 11.4. The Bertz CT molecular complexity index is 773. The number of piperidine rings is 1. The van der Waals surface area contributed by atoms with Crippen LogP contribution in [0.4, 0.5) is 0 Å². The van der Waals surface area contributed by atoms with Crippen LogP contribution < -0.4 is 10.5 Å². The third-order valence-corrected chi connectivity index (χ3v) is 5.21. The number of nitrogens with two attached hydrogens (primary N) is 1. The van der Waals surface area contributed by atoms with Gasteiger partial charge in [0, 0.05) is 12.1 Å². The van der Waals surface area contributed by atoms with E-state index >= 15 is 0 Å². The second-order valence-corrected chi connectivity index (χ2v) is 7.38. The summed E-state index contributed by atoms with van der Waals surface area (Å²) < 4.78 is 6.03. The second kappa shape index (κ2) is 10.7. The lowest BCUT2D eigenvalue weighted by molar-refractivity contribution is -0.123. The van der Waals surface area contributed by atoms with Gasteiger partial charge in [-0.3, -0.25) is 4.79 Å². The first kappa shape index (κ1) is 20.2. The van der Waals surface area contributed by atoms with Gasteiger partial charge in [-0.15, -0.1) is 0 Å². The van der Waals surface area contributed by atoms with E-state index in [1.807, 2.05) is 36.4 Å². The molecule has 1 aliphatic heterocycles. The Hall–Kier alpha value is -2.59. The molecule has 4 nitrogen and oxygen atoms in total. The molecule has 1 aliphatic rings. The minimum absolute atomic E-state index is 0.0216. The number of para-hydroxylation sites is 1. The molecular weight excluding hydrogens is 348 g/mol. The van der Waals surface area contributed by atoms with Gasteiger partial charge in [-0.05, 0) is 50.4 Å². The Morgan fingerprint density at radius 2 is 1.86 bits per heavy atom. The molecule has 0 aromatic heterocycles. The molecule has 2 aromatic carbocycles. The van der Waals surface area contributed by atoms with Crippen LogP contribution >= 0.6 is 0 Å². The predicted octanol–water partition coefficient (Wildman–Crippen LogP) is 4.21. The van der Waals surface area contributed by atoms with E-state index in [1.165, 1.54) is 5.56 Å². The highest BCUT2D eigenvalue weighted by molar-refractivity contribution is 5.77. The molecule has 0 spiro atoms. The summed E-state index contributed by atoms with van der Waals surface area (Å²) in [5.74, 6) is 0.780. The maximum absolute atomic E-state index is 11.4. The van der Waals surface area contributed by atoms with E-state index in [-0.39, 0.29) is 11.8 Å². The van der Waals surface area contributed by atoms with Gasteiger partial charge in [0.1, 0.15) is 5.75 Å². The van der Waals surface area contributed by atoms with E-state index in [1.54, 1.807) is 0 Å². The largest absolute Gasteiger partial charge is 0.493 e. The van der Waals surface area contributed by atoms with Crippen LogP contribution in [0.1, 0.15) is 36.8 Å². The number of hydrogen-bond acceptors (Lipinski definition) is 3. The third-order valence-electron chi connectivity index (χ3n) is 5.21. The fourth-order valence-corrected chi connectivity index (χ4v) is 3.61. The standard InChI is InChI=1S/C24H30N2O2/c25-24(27)22-12-8-17-26(19-22)16-6-7-18-28-23-13-5-4-11-21(23)15-14-20-9-2-1-3-10-20/h1-5,9-11,13-15,22H,6-8,12,16-19H2,(H2,25,27)/b15-14+. The molecule has 1 heterocycles. The molecule has 148 valence electrons. The van der Waals surface area contributed by atoms with Gasteiger partial charge in [-0.25, -0.2) is 0 Å². The number of likely N-dealkylation sites (tertiary alicyclic amines) is 1. The van der Waals surface area contributed by atoms with Crippen molar-refractivity contribution in [2.45, 2.75) is 25.7 Å². The van der Waals surface area contributed by atoms with Crippen LogP contribution in [0, 0.1) is 5.92 Å². The van der Waals surface area contributed by atoms with Gasteiger partial charge < -0.3 is 15.4 Å². The molecule has 4 heteroatoms. The normalized spacial score (nSPS) is 17.6. The highest BCUT2D eigenvalue weighted by atomic mass is 16.5. The molecule has 0 radical (unpaired) electrons. The summed E-state index contributed by atoms with van der Waals surface area (Å²) in [6, 6.07) is 18.4. The van der Waals surface area contributed by atoms with Crippen LogP contribution in [0.2, 0.25) is 0 Å². The Morgan fingerprint density at radius 3 is 2.68 bits per heavy atom. The highest BCUT2D eigenvalue weighted by Crippen LogP contribution is 2.21. The number of primary amides is 1. The average molecular weight is 379 g/mol. The number of benzene rings is 2. The first-order valence-electron chi connectivity index (χ1n) is 10.2. The van der Waals surface area contributed by atoms with Crippen LogP contribution in [0.5, 0.6) is 5.75 Å². The van der Waals surface area contributed by atoms with Gasteiger partial charge in [0.2, 0.25) is 5.91 Å². The molecule has 0 saturated carbocycles. The lowest BCUT2D eigenvalue weighted by atomic mass is 9.97. The Labute approximate surface area is 168 Å². The summed E-state index contributed by atoms with van der Waals surface area (Å²) in [5, 5.41) is 0. The van der Waals surface area contributed by atoms with Crippen LogP contribution in [0.25, 0.3) is 12.2 Å². The van der Waals surface area contributed by atoms with Crippen molar-refractivity contribution in [3.8, 4) is 5.75 Å². The summed E-state index contributed by atoms with van der Waals surface area (Å²) in [4.78, 5) is 13.7. The first-order chi connectivity index (χ1) is 13.7. The van der Waals surface area contributed by atoms with Crippen molar-refractivity contribution in [1.82, 2.24) is 4.90 Å². The Morgan fingerprint density at radius 1 is 1.07 bits per heavy atom. The zero-order valence-corrected chi connectivity index (χ0v) is 16.4. The van der Waals surface area contributed by atoms with Gasteiger partial charge in [-0.1, -0.05) is 60.7 Å². The fraction of sp³-hybridized carbons (Fsp3) is 0.375. The van der Waals surface area contributed by atoms with Crippen molar-refractivity contribution in [2.75, 3.05) is 26.2 Å². The predicted molar refractivity (Wildman–Crippen MR) is 115 cm³/mol. The second-order valence-electron chi connectivity index (χ2n) is 7.38. The van der Waals surface area contributed by atoms with Gasteiger partial charge >= 0.3 is 0 Å². The van der Waals surface area contributed by atoms with Crippen LogP contribution in [-0.4, -0.2) is 37.0 Å². The molecule has 2 N–H and O–H groups in total. The number of rotatable bonds is 9. The van der Waals surface area contributed by atoms with Crippen molar-refractivity contribution in [3.63, 3.8) is 0 Å². The SMILES string of the molecule is NC(=O)C1CCCN(CCCCOc2ccccc2/C=C/c2ccccc2)C1. The molecule has 1 unspecified atom stereocenters. The van der Waals surface area contributed by atoms with Crippen LogP contribution in [-0.2, 0) is 4.79 Å². The number of carbonyl (C=O) groups is 1. The molecule has 1 saturated heterocycles. The Kier molecular flexibility index (Phi) is 7.68. The molecule has 28 heavy (non-hydrogen) atoms. The van der Waals surface area contributed by atoms with Crippen LogP contribution in [0.3, 0.4) is 0 Å². The van der Waals surface area contributed by atoms with Gasteiger partial charge in [-0.2, -0.15) is 0 Å². The highest BCUT2D eigenvalue weighted by Gasteiger charge is 2.23. The summed E-state index contributed by atoms with van der Waals surface area (Å²) in [6.07, 6.45) is 8.26. The van der Waals surface area contributed by atoms with Crippen molar-refractivity contribution in [3.05, 3.63) is 65.7 Å². The zero-order chi connectivity index (χ0) is 19.6. The van der Waals surface area contributed by atoms with E-state index in [2.05, 4.69) is 35.3 Å². The van der Waals surface area contributed by atoms with E-state index in [9.17, 15) is 4.79 Å². The van der Waals surface area contributed by atoms with E-state index < -0.39 is 0 Å². The summed E-state index contributed by atoms with van der Waals surface area (Å²) in [6.45, 7) is 3.58. The number of unbranched alkanes of at least 4 members (excludes halogenated alkanes) is 1. The zero-order valence-electron chi connectivity index (χ0n) is 16.4. The number of amides is 1. The summed E-state index contributed by atoms with van der Waals surface area (Å²) in [7, 11) is 0. The van der Waals surface area contributed by atoms with Crippen molar-refractivity contribution in [1.29, 1.82) is 0 Å². The van der Waals surface area contributed by atoms with Crippen molar-refractivity contribution < 1.29 is 9.53 Å². The van der Waals surface area contributed by atoms with Crippen LogP contribution in [0.15, 0.2) is 54.6 Å². The lowest BCUT2D eigenvalue weighted by Gasteiger charge is -2.31. The minimum Gasteiger partial charge on any atom is -0.493 e. The topological polar surface area (TPSA) is 55.6 Å². The van der Waals surface area contributed by atoms with Crippen molar-refractivity contribution in [2.24, 2.45) is 11.7 Å².